The second kappa shape index (κ2) is 17.1. The van der Waals surface area contributed by atoms with Gasteiger partial charge < -0.3 is 21.1 Å². The van der Waals surface area contributed by atoms with Gasteiger partial charge in [0.15, 0.2) is 0 Å². The molecule has 200 valence electrons. The molecule has 1 aromatic heterocycles. The van der Waals surface area contributed by atoms with Crippen LogP contribution < -0.4 is 16.4 Å². The van der Waals surface area contributed by atoms with Gasteiger partial charge in [-0.05, 0) is 69.1 Å². The van der Waals surface area contributed by atoms with Crippen molar-refractivity contribution in [2.24, 2.45) is 5.73 Å². The van der Waals surface area contributed by atoms with Gasteiger partial charge in [-0.1, -0.05) is 18.2 Å². The quantitative estimate of drug-likeness (QED) is 0.154. The number of pyridine rings is 1. The molecule has 1 unspecified atom stereocenters. The number of thioether (sulfide) groups is 2. The Morgan fingerprint density at radius 1 is 1.26 bits per heavy atom. The summed E-state index contributed by atoms with van der Waals surface area (Å²) >= 11 is 3.17. The first-order valence-corrected chi connectivity index (χ1v) is 14.2. The SMILES string of the molecule is C/C=C(\SCC/C=C/C(C#N)=C(/Nc1ccc(C(=O)NC2CCOC2=O)cc1)SC)c1ccccn1.CN. The van der Waals surface area contributed by atoms with Crippen molar-refractivity contribution in [3.8, 4) is 6.07 Å². The molecule has 1 saturated heterocycles. The monoisotopic (exact) mass is 551 g/mol. The lowest BCUT2D eigenvalue weighted by Crippen LogP contribution is -2.37. The van der Waals surface area contributed by atoms with Gasteiger partial charge in [0.05, 0.1) is 22.9 Å². The summed E-state index contributed by atoms with van der Waals surface area (Å²) in [6.45, 7) is 2.33. The standard InChI is InChI=1S/C27H28N4O3S2.CH5N/c1-3-24(22-9-4-6-15-29-22)36-17-7-5-8-20(18-28)26(35-2)30-21-12-10-19(11-13-21)25(32)31-23-14-16-34-27(23)33;1-2/h3-6,8-13,15,23,30H,7,14,16-17H2,1-2H3,(H,31,32);2H2,1H3/b8-5+,24-3-,26-20+;. The maximum atomic E-state index is 12.4. The molecule has 0 spiro atoms. The molecule has 38 heavy (non-hydrogen) atoms. The Labute approximate surface area is 232 Å². The summed E-state index contributed by atoms with van der Waals surface area (Å²) < 4.78 is 4.88. The molecule has 0 radical (unpaired) electrons. The van der Waals surface area contributed by atoms with Crippen LogP contribution in [0.25, 0.3) is 4.91 Å². The van der Waals surface area contributed by atoms with Crippen LogP contribution in [0, 0.1) is 11.3 Å². The van der Waals surface area contributed by atoms with Crippen LogP contribution in [0.5, 0.6) is 0 Å². The number of nitrogens with one attached hydrogen (secondary N) is 2. The molecule has 1 amide bonds. The van der Waals surface area contributed by atoms with Crippen LogP contribution in [0.3, 0.4) is 0 Å². The van der Waals surface area contributed by atoms with E-state index in [2.05, 4.69) is 33.5 Å². The van der Waals surface area contributed by atoms with Crippen LogP contribution in [0.4, 0.5) is 5.69 Å². The molecule has 0 bridgehead atoms. The number of anilines is 1. The Morgan fingerprint density at radius 2 is 2.03 bits per heavy atom. The van der Waals surface area contributed by atoms with Gasteiger partial charge in [0.1, 0.15) is 12.1 Å². The summed E-state index contributed by atoms with van der Waals surface area (Å²) in [6, 6.07) is 14.4. The highest BCUT2D eigenvalue weighted by atomic mass is 32.2. The van der Waals surface area contributed by atoms with Crippen molar-refractivity contribution in [2.45, 2.75) is 25.8 Å². The fraction of sp³-hybridized carbons (Fsp3) is 0.286. The number of esters is 1. The third-order valence-electron chi connectivity index (χ3n) is 5.22. The summed E-state index contributed by atoms with van der Waals surface area (Å²) in [5.41, 5.74) is 7.19. The van der Waals surface area contributed by atoms with Gasteiger partial charge in [0.25, 0.3) is 5.91 Å². The molecule has 8 nitrogen and oxygen atoms in total. The van der Waals surface area contributed by atoms with E-state index in [1.807, 2.05) is 43.5 Å². The van der Waals surface area contributed by atoms with Gasteiger partial charge in [-0.3, -0.25) is 9.78 Å². The molecular formula is C28H33N5O3S2. The lowest BCUT2D eigenvalue weighted by atomic mass is 10.1. The lowest BCUT2D eigenvalue weighted by molar-refractivity contribution is -0.139. The third-order valence-corrected chi connectivity index (χ3v) is 7.15. The van der Waals surface area contributed by atoms with E-state index in [1.165, 1.54) is 18.8 Å². The Balaban J connectivity index is 0.00000247. The molecule has 2 aromatic rings. The molecule has 0 saturated carbocycles. The topological polar surface area (TPSA) is 130 Å². The first kappa shape index (κ1) is 30.7. The van der Waals surface area contributed by atoms with Crippen molar-refractivity contribution in [1.82, 2.24) is 10.3 Å². The van der Waals surface area contributed by atoms with E-state index < -0.39 is 12.0 Å². The average molecular weight is 552 g/mol. The van der Waals surface area contributed by atoms with E-state index in [0.29, 0.717) is 24.2 Å². The maximum absolute atomic E-state index is 12.4. The number of amides is 1. The fourth-order valence-corrected chi connectivity index (χ4v) is 4.81. The molecule has 4 N–H and O–H groups in total. The van der Waals surface area contributed by atoms with Crippen molar-refractivity contribution in [1.29, 1.82) is 5.26 Å². The molecule has 1 fully saturated rings. The predicted octanol–water partition coefficient (Wildman–Crippen LogP) is 4.95. The summed E-state index contributed by atoms with van der Waals surface area (Å²) in [5.74, 6) is 0.145. The number of carbonyl (C=O) groups is 2. The molecule has 10 heteroatoms. The summed E-state index contributed by atoms with van der Waals surface area (Å²) in [6.07, 6.45) is 10.9. The molecule has 2 heterocycles. The van der Waals surface area contributed by atoms with Crippen molar-refractivity contribution in [2.75, 3.05) is 31.0 Å². The number of nitrogens with two attached hydrogens (primary N) is 1. The number of ether oxygens (including phenoxy) is 1. The van der Waals surface area contributed by atoms with E-state index >= 15 is 0 Å². The molecule has 1 aromatic carbocycles. The van der Waals surface area contributed by atoms with Crippen molar-refractivity contribution >= 4 is 46.0 Å². The number of hydrogen-bond donors (Lipinski definition) is 3. The van der Waals surface area contributed by atoms with Crippen molar-refractivity contribution in [3.63, 3.8) is 0 Å². The Hall–Kier alpha value is -3.52. The van der Waals surface area contributed by atoms with Gasteiger partial charge >= 0.3 is 5.97 Å². The van der Waals surface area contributed by atoms with Gasteiger partial charge in [-0.15, -0.1) is 23.5 Å². The molecule has 1 aliphatic rings. The third kappa shape index (κ3) is 9.41. The zero-order chi connectivity index (χ0) is 27.8. The van der Waals surface area contributed by atoms with Gasteiger partial charge in [-0.25, -0.2) is 4.79 Å². The average Bonchev–Trinajstić information content (AvgIpc) is 3.37. The lowest BCUT2D eigenvalue weighted by Gasteiger charge is -2.12. The Bertz CT molecular complexity index is 1190. The number of hydrogen-bond acceptors (Lipinski definition) is 9. The minimum Gasteiger partial charge on any atom is -0.464 e. The first-order valence-electron chi connectivity index (χ1n) is 12.0. The van der Waals surface area contributed by atoms with E-state index in [1.54, 1.807) is 42.2 Å². The van der Waals surface area contributed by atoms with Crippen LogP contribution in [-0.4, -0.2) is 48.6 Å². The maximum Gasteiger partial charge on any atom is 0.328 e. The first-order chi connectivity index (χ1) is 18.5. The Kier molecular flexibility index (Phi) is 13.8. The number of cyclic esters (lactones) is 1. The van der Waals surface area contributed by atoms with Crippen LogP contribution in [0.1, 0.15) is 35.8 Å². The second-order valence-corrected chi connectivity index (χ2v) is 9.60. The number of nitrogens with zero attached hydrogens (tertiary/aromatic N) is 2. The smallest absolute Gasteiger partial charge is 0.328 e. The molecule has 0 aliphatic carbocycles. The number of benzene rings is 1. The normalized spacial score (nSPS) is 15.6. The van der Waals surface area contributed by atoms with Crippen molar-refractivity contribution < 1.29 is 14.3 Å². The molecule has 3 rings (SSSR count). The largest absolute Gasteiger partial charge is 0.464 e. The second-order valence-electron chi connectivity index (χ2n) is 7.65. The van der Waals surface area contributed by atoms with Gasteiger partial charge in [0, 0.05) is 34.5 Å². The van der Waals surface area contributed by atoms with Crippen LogP contribution >= 0.6 is 23.5 Å². The van der Waals surface area contributed by atoms with Crippen LogP contribution in [-0.2, 0) is 9.53 Å². The Morgan fingerprint density at radius 3 is 2.61 bits per heavy atom. The van der Waals surface area contributed by atoms with Gasteiger partial charge in [0.2, 0.25) is 0 Å². The molecular weight excluding hydrogens is 518 g/mol. The summed E-state index contributed by atoms with van der Waals surface area (Å²) in [5, 5.41) is 16.3. The fourth-order valence-electron chi connectivity index (χ4n) is 3.35. The summed E-state index contributed by atoms with van der Waals surface area (Å²) in [7, 11) is 1.50. The zero-order valence-electron chi connectivity index (χ0n) is 21.8. The van der Waals surface area contributed by atoms with Crippen molar-refractivity contribution in [3.05, 3.63) is 88.7 Å². The predicted molar refractivity (Wildman–Crippen MR) is 157 cm³/mol. The van der Waals surface area contributed by atoms with E-state index in [4.69, 9.17) is 4.74 Å². The number of nitriles is 1. The van der Waals surface area contributed by atoms with E-state index in [9.17, 15) is 14.9 Å². The highest BCUT2D eigenvalue weighted by Crippen LogP contribution is 2.27. The minimum atomic E-state index is -0.593. The summed E-state index contributed by atoms with van der Waals surface area (Å²) in [4.78, 5) is 29.5. The van der Waals surface area contributed by atoms with Gasteiger partial charge in [-0.2, -0.15) is 5.26 Å². The van der Waals surface area contributed by atoms with Crippen LogP contribution in [0.15, 0.2) is 77.5 Å². The highest BCUT2D eigenvalue weighted by Gasteiger charge is 2.28. The van der Waals surface area contributed by atoms with E-state index in [-0.39, 0.29) is 5.91 Å². The zero-order valence-corrected chi connectivity index (χ0v) is 23.4. The molecule has 1 atom stereocenters. The van der Waals surface area contributed by atoms with Crippen LogP contribution in [0.2, 0.25) is 0 Å². The molecule has 1 aliphatic heterocycles. The highest BCUT2D eigenvalue weighted by molar-refractivity contribution is 8.08. The number of rotatable bonds is 11. The van der Waals surface area contributed by atoms with E-state index in [0.717, 1.165) is 33.5 Å². The minimum absolute atomic E-state index is 0.325. The number of carbonyl (C=O) groups excluding carboxylic acids is 2. The number of aromatic nitrogens is 1. The number of allylic oxidation sites excluding steroid dienone is 4.